The topological polar surface area (TPSA) is 65.7 Å². The van der Waals surface area contributed by atoms with Crippen LogP contribution in [0, 0.1) is 17.2 Å². The van der Waals surface area contributed by atoms with Crippen LogP contribution in [0.15, 0.2) is 64.5 Å². The maximum absolute atomic E-state index is 13.5. The second kappa shape index (κ2) is 9.84. The molecule has 1 saturated carbocycles. The molecule has 1 saturated heterocycles. The summed E-state index contributed by atoms with van der Waals surface area (Å²) in [6, 6.07) is 19.4. The quantitative estimate of drug-likeness (QED) is 0.564. The fourth-order valence-corrected chi connectivity index (χ4v) is 5.17. The normalized spacial score (nSPS) is 23.9. The van der Waals surface area contributed by atoms with E-state index in [1.165, 1.54) is 18.2 Å². The summed E-state index contributed by atoms with van der Waals surface area (Å²) >= 11 is 1.41. The van der Waals surface area contributed by atoms with Crippen LogP contribution >= 0.6 is 11.8 Å². The molecule has 158 valence electrons. The van der Waals surface area contributed by atoms with Crippen LogP contribution < -0.4 is 4.74 Å². The smallest absolute Gasteiger partial charge is 0.267 e. The van der Waals surface area contributed by atoms with Crippen molar-refractivity contribution in [1.82, 2.24) is 4.90 Å². The van der Waals surface area contributed by atoms with Crippen molar-refractivity contribution >= 4 is 34.6 Å². The van der Waals surface area contributed by atoms with Crippen LogP contribution in [-0.4, -0.2) is 28.6 Å². The van der Waals surface area contributed by atoms with E-state index in [0.29, 0.717) is 16.6 Å². The lowest BCUT2D eigenvalue weighted by molar-refractivity contribution is -0.124. The molecule has 0 spiro atoms. The number of ether oxygens (including phenoxy) is 1. The van der Waals surface area contributed by atoms with Gasteiger partial charge in [-0.3, -0.25) is 9.69 Å². The van der Waals surface area contributed by atoms with Crippen molar-refractivity contribution in [1.29, 1.82) is 5.26 Å². The Bertz CT molecular complexity index is 1040. The SMILES string of the molecule is C[C@H]1CCCC[C@H]1N1C(=O)/C(=C/c2ccccc2OCC#N)SC1=Nc1ccccc1. The second-order valence-corrected chi connectivity index (χ2v) is 8.84. The van der Waals surface area contributed by atoms with Crippen molar-refractivity contribution in [2.24, 2.45) is 10.9 Å². The number of nitrogens with zero attached hydrogens (tertiary/aromatic N) is 3. The number of nitriles is 1. The predicted molar refractivity (Wildman–Crippen MR) is 125 cm³/mol. The molecule has 0 bridgehead atoms. The molecule has 1 heterocycles. The average Bonchev–Trinajstić information content (AvgIpc) is 3.08. The summed E-state index contributed by atoms with van der Waals surface area (Å²) in [6.07, 6.45) is 6.32. The van der Waals surface area contributed by atoms with Gasteiger partial charge in [-0.05, 0) is 54.8 Å². The molecule has 0 aromatic heterocycles. The maximum atomic E-state index is 13.5. The van der Waals surface area contributed by atoms with E-state index in [1.807, 2.05) is 71.6 Å². The van der Waals surface area contributed by atoms with Crippen molar-refractivity contribution in [2.75, 3.05) is 6.61 Å². The second-order valence-electron chi connectivity index (χ2n) is 7.83. The van der Waals surface area contributed by atoms with Gasteiger partial charge in [0.25, 0.3) is 5.91 Å². The first-order valence-corrected chi connectivity index (χ1v) is 11.4. The molecule has 1 aliphatic heterocycles. The fraction of sp³-hybridized carbons (Fsp3) is 0.320. The highest BCUT2D eigenvalue weighted by molar-refractivity contribution is 8.18. The van der Waals surface area contributed by atoms with Gasteiger partial charge < -0.3 is 4.74 Å². The summed E-state index contributed by atoms with van der Waals surface area (Å²) in [7, 11) is 0. The minimum atomic E-state index is -0.0340. The molecular weight excluding hydrogens is 406 g/mol. The van der Waals surface area contributed by atoms with Gasteiger partial charge in [0.1, 0.15) is 11.8 Å². The number of hydrogen-bond acceptors (Lipinski definition) is 5. The van der Waals surface area contributed by atoms with Gasteiger partial charge in [-0.15, -0.1) is 0 Å². The molecule has 2 aromatic rings. The number of rotatable bonds is 5. The van der Waals surface area contributed by atoms with Crippen molar-refractivity contribution < 1.29 is 9.53 Å². The zero-order valence-electron chi connectivity index (χ0n) is 17.5. The van der Waals surface area contributed by atoms with Gasteiger partial charge in [-0.2, -0.15) is 5.26 Å². The van der Waals surface area contributed by atoms with E-state index in [2.05, 4.69) is 6.92 Å². The Morgan fingerprint density at radius 2 is 1.90 bits per heavy atom. The number of para-hydroxylation sites is 2. The molecule has 2 fully saturated rings. The number of carbonyl (C=O) groups excluding carboxylic acids is 1. The molecule has 2 atom stereocenters. The molecule has 4 rings (SSSR count). The molecule has 31 heavy (non-hydrogen) atoms. The maximum Gasteiger partial charge on any atom is 0.267 e. The van der Waals surface area contributed by atoms with Gasteiger partial charge >= 0.3 is 0 Å². The van der Waals surface area contributed by atoms with E-state index in [4.69, 9.17) is 15.0 Å². The van der Waals surface area contributed by atoms with E-state index in [1.54, 1.807) is 0 Å². The number of amidine groups is 1. The van der Waals surface area contributed by atoms with Gasteiger partial charge in [0.05, 0.1) is 10.6 Å². The van der Waals surface area contributed by atoms with Crippen LogP contribution in [0.25, 0.3) is 6.08 Å². The number of aliphatic imine (C=N–C) groups is 1. The Morgan fingerprint density at radius 1 is 1.16 bits per heavy atom. The van der Waals surface area contributed by atoms with Gasteiger partial charge in [0, 0.05) is 11.6 Å². The Labute approximate surface area is 187 Å². The lowest BCUT2D eigenvalue weighted by Gasteiger charge is -2.35. The Morgan fingerprint density at radius 3 is 2.68 bits per heavy atom. The molecule has 1 aliphatic carbocycles. The summed E-state index contributed by atoms with van der Waals surface area (Å²) in [6.45, 7) is 2.20. The van der Waals surface area contributed by atoms with Gasteiger partial charge in [0.15, 0.2) is 11.8 Å². The summed E-state index contributed by atoms with van der Waals surface area (Å²) in [5.74, 6) is 1.02. The van der Waals surface area contributed by atoms with Crippen molar-refractivity contribution in [2.45, 2.75) is 38.6 Å². The third-order valence-corrected chi connectivity index (χ3v) is 6.70. The third-order valence-electron chi connectivity index (χ3n) is 5.71. The summed E-state index contributed by atoms with van der Waals surface area (Å²) in [5, 5.41) is 9.59. The first kappa shape index (κ1) is 21.2. The lowest BCUT2D eigenvalue weighted by Crippen LogP contribution is -2.44. The van der Waals surface area contributed by atoms with Crippen LogP contribution in [-0.2, 0) is 4.79 Å². The number of carbonyl (C=O) groups is 1. The minimum Gasteiger partial charge on any atom is -0.478 e. The number of hydrogen-bond donors (Lipinski definition) is 0. The number of thioether (sulfide) groups is 1. The first-order chi connectivity index (χ1) is 15.2. The highest BCUT2D eigenvalue weighted by Gasteiger charge is 2.41. The van der Waals surface area contributed by atoms with Crippen LogP contribution in [0.2, 0.25) is 0 Å². The third kappa shape index (κ3) is 4.83. The van der Waals surface area contributed by atoms with Crippen molar-refractivity contribution in [3.8, 4) is 11.8 Å². The minimum absolute atomic E-state index is 0.00600. The van der Waals surface area contributed by atoms with Crippen LogP contribution in [0.4, 0.5) is 5.69 Å². The highest BCUT2D eigenvalue weighted by atomic mass is 32.2. The molecule has 0 unspecified atom stereocenters. The fourth-order valence-electron chi connectivity index (χ4n) is 4.13. The van der Waals surface area contributed by atoms with Gasteiger partial charge in [-0.1, -0.05) is 56.2 Å². The van der Waals surface area contributed by atoms with E-state index < -0.39 is 0 Å². The molecule has 2 aromatic carbocycles. The molecule has 0 N–H and O–H groups in total. The van der Waals surface area contributed by atoms with Crippen LogP contribution in [0.5, 0.6) is 5.75 Å². The zero-order valence-corrected chi connectivity index (χ0v) is 18.3. The molecule has 0 radical (unpaired) electrons. The monoisotopic (exact) mass is 431 g/mol. The number of benzene rings is 2. The standard InChI is InChI=1S/C25H25N3O2S/c1-18-9-5-7-13-21(18)28-24(29)23(31-25(28)27-20-11-3-2-4-12-20)17-19-10-6-8-14-22(19)30-16-15-26/h2-4,6,8,10-12,14,17-18,21H,5,7,9,13,16H2,1H3/b23-17-,27-25?/t18-,21+/m0/s1. The zero-order chi connectivity index (χ0) is 21.6. The Hall–Kier alpha value is -3.04. The van der Waals surface area contributed by atoms with E-state index in [0.717, 1.165) is 35.7 Å². The summed E-state index contributed by atoms with van der Waals surface area (Å²) in [5.41, 5.74) is 1.62. The molecule has 1 amide bonds. The van der Waals surface area contributed by atoms with Gasteiger partial charge in [-0.25, -0.2) is 4.99 Å². The van der Waals surface area contributed by atoms with Gasteiger partial charge in [0.2, 0.25) is 0 Å². The first-order valence-electron chi connectivity index (χ1n) is 10.6. The lowest BCUT2D eigenvalue weighted by atomic mass is 9.85. The highest BCUT2D eigenvalue weighted by Crippen LogP contribution is 2.40. The van der Waals surface area contributed by atoms with Crippen molar-refractivity contribution in [3.05, 3.63) is 65.1 Å². The van der Waals surface area contributed by atoms with E-state index in [9.17, 15) is 4.79 Å². The largest absolute Gasteiger partial charge is 0.478 e. The summed E-state index contributed by atoms with van der Waals surface area (Å²) in [4.78, 5) is 20.9. The average molecular weight is 432 g/mol. The van der Waals surface area contributed by atoms with Crippen LogP contribution in [0.3, 0.4) is 0 Å². The van der Waals surface area contributed by atoms with E-state index >= 15 is 0 Å². The van der Waals surface area contributed by atoms with Crippen molar-refractivity contribution in [3.63, 3.8) is 0 Å². The molecule has 5 nitrogen and oxygen atoms in total. The molecule has 6 heteroatoms. The van der Waals surface area contributed by atoms with E-state index in [-0.39, 0.29) is 18.6 Å². The van der Waals surface area contributed by atoms with Crippen LogP contribution in [0.1, 0.15) is 38.2 Å². The molecular formula is C25H25N3O2S. The molecule has 2 aliphatic rings. The summed E-state index contributed by atoms with van der Waals surface area (Å²) < 4.78 is 5.54. The Balaban J connectivity index is 1.71. The Kier molecular flexibility index (Phi) is 6.73. The number of amides is 1. The predicted octanol–water partition coefficient (Wildman–Crippen LogP) is 5.77.